The van der Waals surface area contributed by atoms with Crippen LogP contribution in [0.4, 0.5) is 24.7 Å². The van der Waals surface area contributed by atoms with E-state index in [1.807, 2.05) is 0 Å². The van der Waals surface area contributed by atoms with Crippen LogP contribution in [0.1, 0.15) is 0 Å². The molecule has 2 rings (SSSR count). The third-order valence-corrected chi connectivity index (χ3v) is 2.46. The van der Waals surface area contributed by atoms with Crippen LogP contribution in [0, 0.1) is 0 Å². The van der Waals surface area contributed by atoms with Crippen molar-refractivity contribution < 1.29 is 22.8 Å². The second kappa shape index (κ2) is 5.96. The van der Waals surface area contributed by atoms with Gasteiger partial charge in [-0.15, -0.1) is 0 Å². The van der Waals surface area contributed by atoms with Crippen molar-refractivity contribution >= 4 is 29.1 Å². The van der Waals surface area contributed by atoms with Gasteiger partial charge in [-0.05, 0) is 18.2 Å². The maximum atomic E-state index is 12.4. The zero-order valence-corrected chi connectivity index (χ0v) is 11.0. The molecule has 110 valence electrons. The highest BCUT2D eigenvalue weighted by molar-refractivity contribution is 6.30. The van der Waals surface area contributed by atoms with E-state index in [1.165, 1.54) is 36.5 Å². The summed E-state index contributed by atoms with van der Waals surface area (Å²) in [5.41, 5.74) is 0.110. The van der Waals surface area contributed by atoms with Gasteiger partial charge in [0.15, 0.2) is 5.82 Å². The Morgan fingerprint density at radius 1 is 1.29 bits per heavy atom. The van der Waals surface area contributed by atoms with E-state index >= 15 is 0 Å². The van der Waals surface area contributed by atoms with Gasteiger partial charge in [-0.2, -0.15) is 18.2 Å². The molecule has 0 aliphatic rings. The summed E-state index contributed by atoms with van der Waals surface area (Å²) in [5, 5.41) is 0.887. The lowest BCUT2D eigenvalue weighted by Gasteiger charge is -2.22. The molecular formula is C12H7ClF3N3O2. The molecule has 0 bridgehead atoms. The lowest BCUT2D eigenvalue weighted by molar-refractivity contribution is -0.199. The number of alkyl halides is 3. The van der Waals surface area contributed by atoms with Crippen LogP contribution in [0.25, 0.3) is 0 Å². The van der Waals surface area contributed by atoms with E-state index in [2.05, 4.69) is 14.8 Å². The number of nitrogens with zero attached hydrogens (tertiary/aromatic N) is 3. The highest BCUT2D eigenvalue weighted by Gasteiger charge is 2.43. The summed E-state index contributed by atoms with van der Waals surface area (Å²) < 4.78 is 37.1. The average Bonchev–Trinajstić information content (AvgIpc) is 2.44. The smallest absolute Gasteiger partial charge is 0.326 e. The Balaban J connectivity index is 2.38. The van der Waals surface area contributed by atoms with Crippen LogP contribution < -0.4 is 5.06 Å². The minimum atomic E-state index is -5.14. The summed E-state index contributed by atoms with van der Waals surface area (Å²) in [4.78, 5) is 22.8. The fourth-order valence-electron chi connectivity index (χ4n) is 1.37. The number of benzene rings is 1. The summed E-state index contributed by atoms with van der Waals surface area (Å²) in [6.07, 6.45) is -2.74. The van der Waals surface area contributed by atoms with Gasteiger partial charge < -0.3 is 4.84 Å². The fourth-order valence-corrected chi connectivity index (χ4v) is 1.56. The quantitative estimate of drug-likeness (QED) is 0.813. The van der Waals surface area contributed by atoms with Gasteiger partial charge in [0.2, 0.25) is 0 Å². The first-order chi connectivity index (χ1) is 9.88. The molecule has 0 N–H and O–H groups in total. The first-order valence-corrected chi connectivity index (χ1v) is 5.86. The van der Waals surface area contributed by atoms with Crippen molar-refractivity contribution in [3.05, 3.63) is 47.9 Å². The molecule has 1 heterocycles. The molecule has 0 amide bonds. The van der Waals surface area contributed by atoms with E-state index in [0.717, 1.165) is 6.33 Å². The van der Waals surface area contributed by atoms with Crippen molar-refractivity contribution in [1.29, 1.82) is 0 Å². The third-order valence-electron chi connectivity index (χ3n) is 2.22. The van der Waals surface area contributed by atoms with Gasteiger partial charge in [0, 0.05) is 17.3 Å². The van der Waals surface area contributed by atoms with Crippen molar-refractivity contribution in [2.24, 2.45) is 0 Å². The van der Waals surface area contributed by atoms with Crippen molar-refractivity contribution in [1.82, 2.24) is 9.97 Å². The number of anilines is 2. The lowest BCUT2D eigenvalue weighted by Crippen LogP contribution is -2.32. The summed E-state index contributed by atoms with van der Waals surface area (Å²) in [7, 11) is 0. The zero-order chi connectivity index (χ0) is 15.5. The second-order valence-corrected chi connectivity index (χ2v) is 4.15. The van der Waals surface area contributed by atoms with Crippen LogP contribution >= 0.6 is 11.6 Å². The summed E-state index contributed by atoms with van der Waals surface area (Å²) in [5.74, 6) is -2.43. The van der Waals surface area contributed by atoms with Crippen molar-refractivity contribution in [3.8, 4) is 0 Å². The van der Waals surface area contributed by atoms with Crippen LogP contribution in [0.3, 0.4) is 0 Å². The molecule has 0 fully saturated rings. The molecule has 0 unspecified atom stereocenters. The summed E-state index contributed by atoms with van der Waals surface area (Å²) in [6, 6.07) is 7.04. The molecule has 0 aliphatic heterocycles. The maximum absolute atomic E-state index is 12.4. The number of carbonyl (C=O) groups excluding carboxylic acids is 1. The predicted molar refractivity (Wildman–Crippen MR) is 67.8 cm³/mol. The fraction of sp³-hybridized carbons (Fsp3) is 0.0833. The largest absolute Gasteiger partial charge is 0.493 e. The Morgan fingerprint density at radius 3 is 2.62 bits per heavy atom. The van der Waals surface area contributed by atoms with E-state index in [9.17, 15) is 18.0 Å². The van der Waals surface area contributed by atoms with Crippen molar-refractivity contribution in [3.63, 3.8) is 0 Å². The summed E-state index contributed by atoms with van der Waals surface area (Å²) >= 11 is 5.78. The van der Waals surface area contributed by atoms with Crippen LogP contribution in [-0.4, -0.2) is 22.1 Å². The van der Waals surface area contributed by atoms with Gasteiger partial charge in [0.1, 0.15) is 6.33 Å². The van der Waals surface area contributed by atoms with Crippen LogP contribution in [0.15, 0.2) is 42.9 Å². The molecule has 0 radical (unpaired) electrons. The Kier molecular flexibility index (Phi) is 4.27. The first kappa shape index (κ1) is 15.0. The standard InChI is InChI=1S/C12H7ClF3N3O2/c13-8-2-1-3-9(6-8)19(10-4-5-17-7-18-10)21-11(20)12(14,15)16/h1-7H. The van der Waals surface area contributed by atoms with E-state index in [0.29, 0.717) is 5.06 Å². The molecule has 0 spiro atoms. The summed E-state index contributed by atoms with van der Waals surface area (Å²) in [6.45, 7) is 0. The zero-order valence-electron chi connectivity index (χ0n) is 10.2. The molecule has 0 saturated heterocycles. The molecule has 1 aromatic heterocycles. The van der Waals surface area contributed by atoms with Gasteiger partial charge in [-0.3, -0.25) is 0 Å². The van der Waals surface area contributed by atoms with Crippen LogP contribution in [-0.2, 0) is 9.63 Å². The SMILES string of the molecule is O=C(ON(c1cccc(Cl)c1)c1ccncn1)C(F)(F)F. The van der Waals surface area contributed by atoms with Gasteiger partial charge in [-0.25, -0.2) is 14.8 Å². The molecule has 9 heteroatoms. The minimum absolute atomic E-state index is 0.0510. The molecule has 5 nitrogen and oxygen atoms in total. The Bertz CT molecular complexity index is 637. The molecular weight excluding hydrogens is 311 g/mol. The predicted octanol–water partition coefficient (Wildman–Crippen LogP) is 3.29. The van der Waals surface area contributed by atoms with Gasteiger partial charge in [0.05, 0.1) is 5.69 Å². The highest BCUT2D eigenvalue weighted by Crippen LogP contribution is 2.28. The van der Waals surface area contributed by atoms with Crippen LogP contribution in [0.2, 0.25) is 5.02 Å². The van der Waals surface area contributed by atoms with Gasteiger partial charge in [0.25, 0.3) is 0 Å². The monoisotopic (exact) mass is 317 g/mol. The molecule has 0 atom stereocenters. The number of hydrogen-bond donors (Lipinski definition) is 0. The first-order valence-electron chi connectivity index (χ1n) is 5.49. The Labute approximate surface area is 121 Å². The Morgan fingerprint density at radius 2 is 2.05 bits per heavy atom. The number of halogens is 4. The van der Waals surface area contributed by atoms with E-state index in [1.54, 1.807) is 0 Å². The molecule has 1 aromatic carbocycles. The maximum Gasteiger partial charge on any atom is 0.493 e. The van der Waals surface area contributed by atoms with Crippen molar-refractivity contribution in [2.45, 2.75) is 6.18 Å². The average molecular weight is 318 g/mol. The van der Waals surface area contributed by atoms with Crippen molar-refractivity contribution in [2.75, 3.05) is 5.06 Å². The molecule has 0 saturated carbocycles. The second-order valence-electron chi connectivity index (χ2n) is 3.72. The lowest BCUT2D eigenvalue weighted by atomic mass is 10.3. The topological polar surface area (TPSA) is 55.3 Å². The van der Waals surface area contributed by atoms with Gasteiger partial charge >= 0.3 is 12.1 Å². The Hall–Kier alpha value is -2.35. The van der Waals surface area contributed by atoms with E-state index < -0.39 is 12.1 Å². The normalized spacial score (nSPS) is 11.0. The number of carbonyl (C=O) groups is 1. The molecule has 21 heavy (non-hydrogen) atoms. The molecule has 2 aromatic rings. The number of hydrogen-bond acceptors (Lipinski definition) is 5. The highest BCUT2D eigenvalue weighted by atomic mass is 35.5. The number of aromatic nitrogens is 2. The van der Waals surface area contributed by atoms with E-state index in [4.69, 9.17) is 11.6 Å². The third kappa shape index (κ3) is 3.82. The minimum Gasteiger partial charge on any atom is -0.326 e. The van der Waals surface area contributed by atoms with Crippen LogP contribution in [0.5, 0.6) is 0 Å². The van der Waals surface area contributed by atoms with Gasteiger partial charge in [-0.1, -0.05) is 17.7 Å². The number of rotatable bonds is 3. The molecule has 0 aliphatic carbocycles. The van der Waals surface area contributed by atoms with E-state index in [-0.39, 0.29) is 16.5 Å².